The van der Waals surface area contributed by atoms with Crippen molar-refractivity contribution < 1.29 is 0 Å². The van der Waals surface area contributed by atoms with Crippen LogP contribution in [-0.2, 0) is 0 Å². The Morgan fingerprint density at radius 3 is 2.86 bits per heavy atom. The Bertz CT molecular complexity index is 1190. The molecule has 1 aromatic carbocycles. The number of pyridine rings is 1. The first-order valence-corrected chi connectivity index (χ1v) is 11.7. The number of hydrogen-bond acceptors (Lipinski definition) is 7. The van der Waals surface area contributed by atoms with Crippen molar-refractivity contribution in [1.29, 1.82) is 0 Å². The van der Waals surface area contributed by atoms with E-state index >= 15 is 0 Å². The number of nitrogens with zero attached hydrogens (tertiary/aromatic N) is 6. The maximum atomic E-state index is 4.94. The summed E-state index contributed by atoms with van der Waals surface area (Å²) in [5.41, 5.74) is 2.06. The minimum absolute atomic E-state index is 0.323. The van der Waals surface area contributed by atoms with Gasteiger partial charge in [-0.25, -0.2) is 9.97 Å². The van der Waals surface area contributed by atoms with Gasteiger partial charge in [-0.05, 0) is 31.0 Å². The van der Waals surface area contributed by atoms with Gasteiger partial charge in [-0.3, -0.25) is 9.55 Å². The van der Waals surface area contributed by atoms with Gasteiger partial charge in [0.05, 0.1) is 11.6 Å². The Labute approximate surface area is 176 Å². The van der Waals surface area contributed by atoms with E-state index in [1.165, 1.54) is 12.8 Å². The minimum atomic E-state index is 0.323. The molecule has 0 radical (unpaired) electrons. The van der Waals surface area contributed by atoms with Gasteiger partial charge in [-0.2, -0.15) is 0 Å². The van der Waals surface area contributed by atoms with Gasteiger partial charge in [0.1, 0.15) is 10.9 Å². The third-order valence-corrected chi connectivity index (χ3v) is 7.52. The van der Waals surface area contributed by atoms with Crippen molar-refractivity contribution in [3.8, 4) is 11.4 Å². The van der Waals surface area contributed by atoms with Crippen LogP contribution in [0.3, 0.4) is 0 Å². The molecule has 1 atom stereocenters. The number of hydrogen-bond donors (Lipinski definition) is 0. The van der Waals surface area contributed by atoms with Gasteiger partial charge in [0, 0.05) is 40.8 Å². The molecule has 0 amide bonds. The van der Waals surface area contributed by atoms with Crippen LogP contribution in [0.5, 0.6) is 0 Å². The molecule has 8 heteroatoms. The Morgan fingerprint density at radius 2 is 2.00 bits per heavy atom. The van der Waals surface area contributed by atoms with E-state index in [4.69, 9.17) is 9.97 Å². The number of rotatable bonds is 5. The molecule has 0 bridgehead atoms. The van der Waals surface area contributed by atoms with Gasteiger partial charge in [-0.1, -0.05) is 30.0 Å². The number of benzene rings is 1. The lowest BCUT2D eigenvalue weighted by Gasteiger charge is -2.15. The first-order valence-electron chi connectivity index (χ1n) is 9.74. The van der Waals surface area contributed by atoms with E-state index < -0.39 is 0 Å². The molecule has 6 rings (SSSR count). The van der Waals surface area contributed by atoms with Gasteiger partial charge in [0.15, 0.2) is 11.0 Å². The molecule has 144 valence electrons. The van der Waals surface area contributed by atoms with E-state index in [-0.39, 0.29) is 0 Å². The molecule has 1 saturated carbocycles. The summed E-state index contributed by atoms with van der Waals surface area (Å²) in [6.07, 6.45) is 6.05. The predicted molar refractivity (Wildman–Crippen MR) is 115 cm³/mol. The monoisotopic (exact) mass is 418 g/mol. The summed E-state index contributed by atoms with van der Waals surface area (Å²) in [4.78, 5) is 14.0. The van der Waals surface area contributed by atoms with Crippen molar-refractivity contribution >= 4 is 34.4 Å². The highest BCUT2D eigenvalue weighted by atomic mass is 32.2. The maximum absolute atomic E-state index is 4.94. The number of thioether (sulfide) groups is 2. The number of para-hydroxylation sites is 1. The average molecular weight is 419 g/mol. The van der Waals surface area contributed by atoms with Crippen molar-refractivity contribution in [1.82, 2.24) is 29.7 Å². The van der Waals surface area contributed by atoms with Crippen LogP contribution >= 0.6 is 23.5 Å². The minimum Gasteiger partial charge on any atom is -0.297 e. The van der Waals surface area contributed by atoms with Crippen molar-refractivity contribution in [2.45, 2.75) is 35.0 Å². The largest absolute Gasteiger partial charge is 0.297 e. The number of aromatic nitrogens is 6. The quantitative estimate of drug-likeness (QED) is 0.346. The van der Waals surface area contributed by atoms with Crippen molar-refractivity contribution in [3.63, 3.8) is 0 Å². The first kappa shape index (κ1) is 17.4. The van der Waals surface area contributed by atoms with E-state index in [0.717, 1.165) is 49.8 Å². The molecule has 1 fully saturated rings. The summed E-state index contributed by atoms with van der Waals surface area (Å²) in [5, 5.41) is 12.0. The lowest BCUT2D eigenvalue weighted by molar-refractivity contribution is 0.597. The van der Waals surface area contributed by atoms with Crippen LogP contribution in [0.25, 0.3) is 22.3 Å². The normalized spacial score (nSPS) is 18.3. The molecule has 6 nitrogen and oxygen atoms in total. The van der Waals surface area contributed by atoms with Crippen molar-refractivity contribution in [2.75, 3.05) is 11.5 Å². The summed E-state index contributed by atoms with van der Waals surface area (Å²) in [6.45, 7) is 0. The average Bonchev–Trinajstić information content (AvgIpc) is 3.42. The fourth-order valence-electron chi connectivity index (χ4n) is 3.64. The van der Waals surface area contributed by atoms with Gasteiger partial charge in [0.25, 0.3) is 0 Å². The summed E-state index contributed by atoms with van der Waals surface area (Å²) in [5.74, 6) is 4.38. The predicted octanol–water partition coefficient (Wildman–Crippen LogP) is 4.60. The maximum Gasteiger partial charge on any atom is 0.191 e. The molecular weight excluding hydrogens is 400 g/mol. The van der Waals surface area contributed by atoms with Crippen LogP contribution < -0.4 is 0 Å². The van der Waals surface area contributed by atoms with Crippen LogP contribution in [0, 0.1) is 0 Å². The lowest BCUT2D eigenvalue weighted by atomic mass is 10.2. The third-order valence-electron chi connectivity index (χ3n) is 5.29. The second-order valence-electron chi connectivity index (χ2n) is 7.37. The van der Waals surface area contributed by atoms with Gasteiger partial charge >= 0.3 is 0 Å². The van der Waals surface area contributed by atoms with E-state index in [0.29, 0.717) is 12.0 Å². The van der Waals surface area contributed by atoms with E-state index in [1.807, 2.05) is 30.1 Å². The van der Waals surface area contributed by atoms with Crippen LogP contribution in [0.15, 0.2) is 59.0 Å². The fourth-order valence-corrected chi connectivity index (χ4v) is 5.97. The molecule has 0 saturated heterocycles. The van der Waals surface area contributed by atoms with Crippen LogP contribution in [0.2, 0.25) is 0 Å². The molecule has 4 aromatic rings. The Balaban J connectivity index is 1.31. The van der Waals surface area contributed by atoms with E-state index in [9.17, 15) is 0 Å². The second kappa shape index (κ2) is 7.11. The molecule has 2 aliphatic rings. The highest BCUT2D eigenvalue weighted by Crippen LogP contribution is 2.42. The van der Waals surface area contributed by atoms with Gasteiger partial charge in [0.2, 0.25) is 0 Å². The van der Waals surface area contributed by atoms with Crippen LogP contribution in [0.1, 0.15) is 30.6 Å². The topological polar surface area (TPSA) is 69.4 Å². The third kappa shape index (κ3) is 3.20. The molecule has 0 spiro atoms. The molecule has 0 unspecified atom stereocenters. The number of fused-ring (bicyclic) bond motifs is 2. The zero-order valence-corrected chi connectivity index (χ0v) is 17.2. The molecular formula is C21H18N6S2. The summed E-state index contributed by atoms with van der Waals surface area (Å²) in [7, 11) is 0. The SMILES string of the molecule is c1cncc(-c2nnc3n2[C@@H](CSc2nc(C4CC4)nc4ccccc24)CS3)c1. The van der Waals surface area contributed by atoms with E-state index in [2.05, 4.69) is 44.0 Å². The van der Waals surface area contributed by atoms with Crippen molar-refractivity contribution in [3.05, 3.63) is 54.6 Å². The summed E-state index contributed by atoms with van der Waals surface area (Å²) in [6, 6.07) is 12.6. The van der Waals surface area contributed by atoms with Gasteiger partial charge < -0.3 is 0 Å². The molecule has 1 aliphatic heterocycles. The first-order chi connectivity index (χ1) is 14.4. The smallest absolute Gasteiger partial charge is 0.191 e. The molecule has 4 heterocycles. The molecule has 3 aromatic heterocycles. The highest BCUT2D eigenvalue weighted by molar-refractivity contribution is 8.00. The zero-order valence-electron chi connectivity index (χ0n) is 15.6. The lowest BCUT2D eigenvalue weighted by Crippen LogP contribution is -2.11. The van der Waals surface area contributed by atoms with Crippen LogP contribution in [0.4, 0.5) is 0 Å². The van der Waals surface area contributed by atoms with Crippen molar-refractivity contribution in [2.24, 2.45) is 0 Å². The van der Waals surface area contributed by atoms with E-state index in [1.54, 1.807) is 18.0 Å². The molecule has 0 N–H and O–H groups in total. The Hall–Kier alpha value is -2.45. The highest BCUT2D eigenvalue weighted by Gasteiger charge is 2.30. The van der Waals surface area contributed by atoms with Crippen LogP contribution in [-0.4, -0.2) is 41.2 Å². The molecule has 29 heavy (non-hydrogen) atoms. The Kier molecular flexibility index (Phi) is 4.27. The molecule has 1 aliphatic carbocycles. The second-order valence-corrected chi connectivity index (χ2v) is 9.37. The van der Waals surface area contributed by atoms with Gasteiger partial charge in [-0.15, -0.1) is 22.0 Å². The standard InChI is InChI=1S/C21H18N6S2/c1-2-6-17-16(5-1)20(24-18(23-17)13-7-8-13)28-11-15-12-29-21-26-25-19(27(15)21)14-4-3-9-22-10-14/h1-6,9-10,13,15H,7-8,11-12H2/t15-/m0/s1. The Morgan fingerprint density at radius 1 is 1.07 bits per heavy atom. The summed E-state index contributed by atoms with van der Waals surface area (Å²) < 4.78 is 2.26. The summed E-state index contributed by atoms with van der Waals surface area (Å²) >= 11 is 3.59. The zero-order chi connectivity index (χ0) is 19.2. The fraction of sp³-hybridized carbons (Fsp3) is 0.286.